The fourth-order valence-corrected chi connectivity index (χ4v) is 2.28. The molecule has 20 heavy (non-hydrogen) atoms. The highest BCUT2D eigenvalue weighted by molar-refractivity contribution is 5.78. The van der Waals surface area contributed by atoms with Gasteiger partial charge >= 0.3 is 0 Å². The Bertz CT molecular complexity index is 522. The van der Waals surface area contributed by atoms with Crippen LogP contribution in [0.2, 0.25) is 0 Å². The third kappa shape index (κ3) is 3.51. The molecule has 1 saturated heterocycles. The molecule has 0 atom stereocenters. The van der Waals surface area contributed by atoms with E-state index in [4.69, 9.17) is 10.00 Å². The zero-order valence-corrected chi connectivity index (χ0v) is 12.1. The van der Waals surface area contributed by atoms with Gasteiger partial charge in [0.25, 0.3) is 5.91 Å². The maximum Gasteiger partial charge on any atom is 0.260 e. The number of carbonyl (C=O) groups excluding carboxylic acids is 1. The van der Waals surface area contributed by atoms with Gasteiger partial charge in [-0.1, -0.05) is 26.0 Å². The summed E-state index contributed by atoms with van der Waals surface area (Å²) in [6.07, 6.45) is 2.04. The monoisotopic (exact) mass is 272 g/mol. The maximum atomic E-state index is 12.1. The first kappa shape index (κ1) is 14.4. The van der Waals surface area contributed by atoms with Gasteiger partial charge in [0.15, 0.2) is 6.61 Å². The molecule has 0 aromatic heterocycles. The van der Waals surface area contributed by atoms with E-state index in [9.17, 15) is 4.79 Å². The second-order valence-electron chi connectivity index (χ2n) is 5.94. The van der Waals surface area contributed by atoms with E-state index in [2.05, 4.69) is 19.9 Å². The van der Waals surface area contributed by atoms with E-state index in [1.54, 1.807) is 24.3 Å². The molecule has 4 heteroatoms. The lowest BCUT2D eigenvalue weighted by Crippen LogP contribution is -2.43. The Kier molecular flexibility index (Phi) is 4.29. The number of likely N-dealkylation sites (tertiary alicyclic amines) is 1. The summed E-state index contributed by atoms with van der Waals surface area (Å²) in [4.78, 5) is 13.9. The van der Waals surface area contributed by atoms with Gasteiger partial charge in [0, 0.05) is 13.1 Å². The average molecular weight is 272 g/mol. The minimum absolute atomic E-state index is 0.000871. The van der Waals surface area contributed by atoms with Gasteiger partial charge < -0.3 is 9.64 Å². The number of ether oxygens (including phenoxy) is 1. The fourth-order valence-electron chi connectivity index (χ4n) is 2.28. The molecule has 1 aliphatic heterocycles. The van der Waals surface area contributed by atoms with Crippen LogP contribution in [-0.2, 0) is 4.79 Å². The Morgan fingerprint density at radius 1 is 1.35 bits per heavy atom. The maximum absolute atomic E-state index is 12.1. The summed E-state index contributed by atoms with van der Waals surface area (Å²) >= 11 is 0. The van der Waals surface area contributed by atoms with Crippen LogP contribution in [0.25, 0.3) is 0 Å². The Morgan fingerprint density at radius 3 is 2.65 bits per heavy atom. The summed E-state index contributed by atoms with van der Waals surface area (Å²) in [5, 5.41) is 8.96. The van der Waals surface area contributed by atoms with Crippen LogP contribution in [0.4, 0.5) is 0 Å². The molecule has 4 nitrogen and oxygen atoms in total. The molecule has 0 radical (unpaired) electrons. The Morgan fingerprint density at radius 2 is 2.00 bits per heavy atom. The molecule has 1 aromatic carbocycles. The van der Waals surface area contributed by atoms with Crippen LogP contribution in [0.3, 0.4) is 0 Å². The lowest BCUT2D eigenvalue weighted by molar-refractivity contribution is -0.135. The molecule has 0 saturated carbocycles. The number of amides is 1. The number of hydrogen-bond acceptors (Lipinski definition) is 3. The highest BCUT2D eigenvalue weighted by atomic mass is 16.5. The van der Waals surface area contributed by atoms with Crippen molar-refractivity contribution >= 4 is 5.91 Å². The number of nitriles is 1. The number of rotatable bonds is 3. The topological polar surface area (TPSA) is 53.3 Å². The lowest BCUT2D eigenvalue weighted by atomic mass is 9.83. The Balaban J connectivity index is 1.89. The lowest BCUT2D eigenvalue weighted by Gasteiger charge is -2.36. The predicted octanol–water partition coefficient (Wildman–Crippen LogP) is 2.59. The van der Waals surface area contributed by atoms with Crippen molar-refractivity contribution in [1.82, 2.24) is 4.90 Å². The zero-order chi connectivity index (χ0) is 14.6. The number of carbonyl (C=O) groups is 1. The number of nitrogens with zero attached hydrogens (tertiary/aromatic N) is 2. The first-order valence-electron chi connectivity index (χ1n) is 6.91. The van der Waals surface area contributed by atoms with Gasteiger partial charge in [-0.25, -0.2) is 0 Å². The minimum atomic E-state index is -0.00626. The van der Waals surface area contributed by atoms with Crippen molar-refractivity contribution in [3.8, 4) is 11.8 Å². The number of benzene rings is 1. The largest absolute Gasteiger partial charge is 0.482 e. The normalized spacial score (nSPS) is 17.4. The second kappa shape index (κ2) is 5.96. The van der Waals surface area contributed by atoms with E-state index in [-0.39, 0.29) is 12.5 Å². The third-order valence-corrected chi connectivity index (χ3v) is 3.83. The van der Waals surface area contributed by atoms with Gasteiger partial charge in [0.05, 0.1) is 5.56 Å². The van der Waals surface area contributed by atoms with Gasteiger partial charge in [-0.15, -0.1) is 0 Å². The smallest absolute Gasteiger partial charge is 0.260 e. The minimum Gasteiger partial charge on any atom is -0.482 e. The Labute approximate surface area is 120 Å². The van der Waals surface area contributed by atoms with Crippen molar-refractivity contribution in [1.29, 1.82) is 5.26 Å². The van der Waals surface area contributed by atoms with Crippen molar-refractivity contribution in [2.24, 2.45) is 5.41 Å². The van der Waals surface area contributed by atoms with E-state index < -0.39 is 0 Å². The van der Waals surface area contributed by atoms with Gasteiger partial charge in [-0.05, 0) is 30.4 Å². The SMILES string of the molecule is CC1(C)CCN(C(=O)COc2ccccc2C#N)CC1. The van der Waals surface area contributed by atoms with Crippen LogP contribution in [-0.4, -0.2) is 30.5 Å². The summed E-state index contributed by atoms with van der Waals surface area (Å²) in [7, 11) is 0. The molecule has 0 bridgehead atoms. The molecule has 1 aliphatic rings. The molecule has 1 heterocycles. The van der Waals surface area contributed by atoms with E-state index in [1.165, 1.54) is 0 Å². The number of piperidine rings is 1. The summed E-state index contributed by atoms with van der Waals surface area (Å²) in [5.74, 6) is 0.467. The molecular weight excluding hydrogens is 252 g/mol. The first-order valence-corrected chi connectivity index (χ1v) is 6.91. The number of para-hydroxylation sites is 1. The second-order valence-corrected chi connectivity index (χ2v) is 5.94. The molecule has 1 amide bonds. The van der Waals surface area contributed by atoms with Crippen molar-refractivity contribution in [3.05, 3.63) is 29.8 Å². The summed E-state index contributed by atoms with van der Waals surface area (Å²) in [5.41, 5.74) is 0.783. The van der Waals surface area contributed by atoms with Crippen LogP contribution < -0.4 is 4.74 Å². The highest BCUT2D eigenvalue weighted by Crippen LogP contribution is 2.29. The molecule has 0 unspecified atom stereocenters. The zero-order valence-electron chi connectivity index (χ0n) is 12.1. The standard InChI is InChI=1S/C16H20N2O2/c1-16(2)7-9-18(10-8-16)15(19)12-20-14-6-4-3-5-13(14)11-17/h3-6H,7-10,12H2,1-2H3. The fraction of sp³-hybridized carbons (Fsp3) is 0.500. The Hall–Kier alpha value is -2.02. The summed E-state index contributed by atoms with van der Waals surface area (Å²) in [6.45, 7) is 6.03. The molecule has 2 rings (SSSR count). The molecular formula is C16H20N2O2. The third-order valence-electron chi connectivity index (χ3n) is 3.83. The number of hydrogen-bond donors (Lipinski definition) is 0. The summed E-state index contributed by atoms with van der Waals surface area (Å²) < 4.78 is 5.48. The molecule has 1 aromatic rings. The predicted molar refractivity (Wildman–Crippen MR) is 76.2 cm³/mol. The molecule has 0 spiro atoms. The van der Waals surface area contributed by atoms with Gasteiger partial charge in [0.1, 0.15) is 11.8 Å². The average Bonchev–Trinajstić information content (AvgIpc) is 2.45. The van der Waals surface area contributed by atoms with Crippen molar-refractivity contribution in [2.75, 3.05) is 19.7 Å². The van der Waals surface area contributed by atoms with Crippen molar-refractivity contribution < 1.29 is 9.53 Å². The van der Waals surface area contributed by atoms with Crippen molar-refractivity contribution in [3.63, 3.8) is 0 Å². The van der Waals surface area contributed by atoms with Crippen LogP contribution in [0.15, 0.2) is 24.3 Å². The van der Waals surface area contributed by atoms with Gasteiger partial charge in [-0.3, -0.25) is 4.79 Å². The van der Waals surface area contributed by atoms with Crippen LogP contribution in [0.5, 0.6) is 5.75 Å². The molecule has 1 fully saturated rings. The van der Waals surface area contributed by atoms with Gasteiger partial charge in [-0.2, -0.15) is 5.26 Å². The van der Waals surface area contributed by atoms with Crippen molar-refractivity contribution in [2.45, 2.75) is 26.7 Å². The van der Waals surface area contributed by atoms with E-state index >= 15 is 0 Å². The first-order chi connectivity index (χ1) is 9.52. The molecule has 0 N–H and O–H groups in total. The van der Waals surface area contributed by atoms with Crippen LogP contribution in [0.1, 0.15) is 32.3 Å². The van der Waals surface area contributed by atoms with Crippen LogP contribution >= 0.6 is 0 Å². The van der Waals surface area contributed by atoms with E-state index in [1.807, 2.05) is 4.90 Å². The van der Waals surface area contributed by atoms with Crippen LogP contribution in [0, 0.1) is 16.7 Å². The van der Waals surface area contributed by atoms with E-state index in [0.29, 0.717) is 16.7 Å². The summed E-state index contributed by atoms with van der Waals surface area (Å²) in [6, 6.07) is 9.03. The quantitative estimate of drug-likeness (QED) is 0.849. The van der Waals surface area contributed by atoms with Gasteiger partial charge in [0.2, 0.25) is 0 Å². The molecule has 0 aliphatic carbocycles. The van der Waals surface area contributed by atoms with E-state index in [0.717, 1.165) is 25.9 Å². The highest BCUT2D eigenvalue weighted by Gasteiger charge is 2.27. The molecule has 106 valence electrons.